The van der Waals surface area contributed by atoms with E-state index in [1.165, 1.54) is 29.2 Å². The van der Waals surface area contributed by atoms with Crippen molar-refractivity contribution in [2.75, 3.05) is 0 Å². The second-order valence-electron chi connectivity index (χ2n) is 3.07. The van der Waals surface area contributed by atoms with Crippen LogP contribution in [0.25, 0.3) is 5.69 Å². The quantitative estimate of drug-likeness (QED) is 0.662. The second-order valence-corrected chi connectivity index (χ2v) is 3.07. The van der Waals surface area contributed by atoms with Crippen molar-refractivity contribution in [3.63, 3.8) is 0 Å². The largest absolute Gasteiger partial charge is 0.491 e. The molecule has 2 N–H and O–H groups in total. The van der Waals surface area contributed by atoms with Crippen molar-refractivity contribution in [1.29, 1.82) is 0 Å². The number of hydrogen-bond donors (Lipinski definition) is 2. The first-order valence-electron chi connectivity index (χ1n) is 4.33. The summed E-state index contributed by atoms with van der Waals surface area (Å²) in [6.45, 7) is 0. The summed E-state index contributed by atoms with van der Waals surface area (Å²) < 4.78 is 14.3. The van der Waals surface area contributed by atoms with Crippen molar-refractivity contribution in [1.82, 2.24) is 9.78 Å². The van der Waals surface area contributed by atoms with Gasteiger partial charge in [0.05, 0.1) is 5.69 Å². The van der Waals surface area contributed by atoms with E-state index in [2.05, 4.69) is 5.10 Å². The van der Waals surface area contributed by atoms with E-state index in [9.17, 15) is 4.39 Å². The lowest BCUT2D eigenvalue weighted by molar-refractivity contribution is 0.426. The molecule has 76 valence electrons. The van der Waals surface area contributed by atoms with E-state index >= 15 is 0 Å². The summed E-state index contributed by atoms with van der Waals surface area (Å²) >= 11 is 0. The highest BCUT2D eigenvalue weighted by Gasteiger charge is 2.13. The van der Waals surface area contributed by atoms with Gasteiger partial charge in [-0.1, -0.05) is 6.07 Å². The Balaban J connectivity index is 2.37. The van der Waals surface area contributed by atoms with E-state index in [1.54, 1.807) is 12.1 Å². The first-order chi connectivity index (χ1) is 7.16. The number of nitrogens with zero attached hydrogens (tertiary/aromatic N) is 2. The minimum atomic E-state index is -1.56. The molecule has 0 aliphatic heterocycles. The minimum absolute atomic E-state index is 0.263. The van der Waals surface area contributed by atoms with Gasteiger partial charge in [0.15, 0.2) is 0 Å². The smallest absolute Gasteiger partial charge is 0.423 e. The molecule has 0 radical (unpaired) electrons. The summed E-state index contributed by atoms with van der Waals surface area (Å²) in [6, 6.07) is 5.86. The molecule has 0 atom stereocenters. The van der Waals surface area contributed by atoms with Gasteiger partial charge in [-0.3, -0.25) is 0 Å². The summed E-state index contributed by atoms with van der Waals surface area (Å²) in [4.78, 5) is 0. The number of rotatable bonds is 2. The van der Waals surface area contributed by atoms with Crippen LogP contribution in [0, 0.1) is 5.82 Å². The van der Waals surface area contributed by atoms with E-state index < -0.39 is 7.12 Å². The second kappa shape index (κ2) is 3.84. The molecule has 0 aliphatic rings. The highest BCUT2D eigenvalue weighted by atomic mass is 19.1. The number of hydrogen-bond acceptors (Lipinski definition) is 3. The fourth-order valence-electron chi connectivity index (χ4n) is 1.23. The maximum atomic E-state index is 12.9. The third-order valence-corrected chi connectivity index (χ3v) is 1.97. The summed E-state index contributed by atoms with van der Waals surface area (Å²) in [6.07, 6.45) is 2.75. The predicted octanol–water partition coefficient (Wildman–Crippen LogP) is -0.309. The maximum absolute atomic E-state index is 12.9. The molecule has 0 amide bonds. The van der Waals surface area contributed by atoms with Crippen molar-refractivity contribution in [2.45, 2.75) is 0 Å². The van der Waals surface area contributed by atoms with Crippen LogP contribution in [0.5, 0.6) is 0 Å². The normalized spacial score (nSPS) is 10.3. The molecule has 4 nitrogen and oxygen atoms in total. The molecule has 0 aliphatic carbocycles. The number of halogens is 1. The van der Waals surface area contributed by atoms with Crippen LogP contribution in [0.15, 0.2) is 36.7 Å². The molecule has 1 aromatic heterocycles. The van der Waals surface area contributed by atoms with Crippen molar-refractivity contribution in [3.05, 3.63) is 42.5 Å². The molecule has 0 bridgehead atoms. The Labute approximate surface area is 85.7 Å². The monoisotopic (exact) mass is 206 g/mol. The molecule has 1 heterocycles. The van der Waals surface area contributed by atoms with E-state index in [-0.39, 0.29) is 11.3 Å². The van der Waals surface area contributed by atoms with Crippen molar-refractivity contribution in [3.8, 4) is 5.69 Å². The Morgan fingerprint density at radius 2 is 2.13 bits per heavy atom. The van der Waals surface area contributed by atoms with Crippen molar-refractivity contribution in [2.24, 2.45) is 0 Å². The first-order valence-corrected chi connectivity index (χ1v) is 4.33. The molecule has 0 saturated carbocycles. The third-order valence-electron chi connectivity index (χ3n) is 1.97. The van der Waals surface area contributed by atoms with Gasteiger partial charge in [0.25, 0.3) is 0 Å². The molecule has 0 fully saturated rings. The van der Waals surface area contributed by atoms with Gasteiger partial charge >= 0.3 is 7.12 Å². The average Bonchev–Trinajstić information content (AvgIpc) is 2.66. The van der Waals surface area contributed by atoms with Gasteiger partial charge in [0, 0.05) is 17.9 Å². The van der Waals surface area contributed by atoms with Gasteiger partial charge in [-0.05, 0) is 18.2 Å². The van der Waals surface area contributed by atoms with E-state index in [4.69, 9.17) is 10.0 Å². The SMILES string of the molecule is OB(O)c1cnn(-c2cccc(F)c2)c1. The minimum Gasteiger partial charge on any atom is -0.423 e. The zero-order chi connectivity index (χ0) is 10.8. The highest BCUT2D eigenvalue weighted by Crippen LogP contribution is 2.07. The lowest BCUT2D eigenvalue weighted by Gasteiger charge is -2.00. The van der Waals surface area contributed by atoms with Gasteiger partial charge in [-0.15, -0.1) is 0 Å². The Hall–Kier alpha value is -1.66. The summed E-state index contributed by atoms with van der Waals surface area (Å²) in [5, 5.41) is 21.6. The van der Waals surface area contributed by atoms with Crippen LogP contribution in [0.1, 0.15) is 0 Å². The fraction of sp³-hybridized carbons (Fsp3) is 0. The zero-order valence-corrected chi connectivity index (χ0v) is 7.71. The molecular formula is C9H8BFN2O2. The molecule has 0 unspecified atom stereocenters. The van der Waals surface area contributed by atoms with Crippen LogP contribution in [-0.2, 0) is 0 Å². The Morgan fingerprint density at radius 3 is 2.73 bits per heavy atom. The Bertz CT molecular complexity index is 473. The third kappa shape index (κ3) is 2.06. The molecule has 6 heteroatoms. The molecule has 1 aromatic carbocycles. The van der Waals surface area contributed by atoms with Crippen LogP contribution >= 0.6 is 0 Å². The van der Waals surface area contributed by atoms with Crippen LogP contribution in [-0.4, -0.2) is 26.9 Å². The van der Waals surface area contributed by atoms with Crippen molar-refractivity contribution >= 4 is 12.6 Å². The lowest BCUT2D eigenvalue weighted by atomic mass is 9.83. The van der Waals surface area contributed by atoms with Gasteiger partial charge in [-0.2, -0.15) is 5.10 Å². The maximum Gasteiger partial charge on any atom is 0.491 e. The molecular weight excluding hydrogens is 198 g/mol. The summed E-state index contributed by atoms with van der Waals surface area (Å²) in [5.41, 5.74) is 0.793. The molecule has 0 spiro atoms. The van der Waals surface area contributed by atoms with E-state index in [1.807, 2.05) is 0 Å². The van der Waals surface area contributed by atoms with Gasteiger partial charge in [0.2, 0.25) is 0 Å². The average molecular weight is 206 g/mol. The summed E-state index contributed by atoms with van der Waals surface area (Å²) in [5.74, 6) is -0.367. The Morgan fingerprint density at radius 1 is 1.33 bits per heavy atom. The van der Waals surface area contributed by atoms with Crippen LogP contribution in [0.2, 0.25) is 0 Å². The van der Waals surface area contributed by atoms with Crippen molar-refractivity contribution < 1.29 is 14.4 Å². The summed E-state index contributed by atoms with van der Waals surface area (Å²) in [7, 11) is -1.56. The van der Waals surface area contributed by atoms with E-state index in [0.717, 1.165) is 0 Å². The van der Waals surface area contributed by atoms with Crippen LogP contribution < -0.4 is 5.46 Å². The van der Waals surface area contributed by atoms with E-state index in [0.29, 0.717) is 5.69 Å². The van der Waals surface area contributed by atoms with Crippen LogP contribution in [0.3, 0.4) is 0 Å². The molecule has 2 aromatic rings. The molecule has 2 rings (SSSR count). The standard InChI is InChI=1S/C9H8BFN2O2/c11-8-2-1-3-9(4-8)13-6-7(5-12-13)10(14)15/h1-6,14-15H. The predicted molar refractivity (Wildman–Crippen MR) is 53.3 cm³/mol. The van der Waals surface area contributed by atoms with Gasteiger partial charge in [-0.25, -0.2) is 9.07 Å². The number of benzene rings is 1. The molecule has 0 saturated heterocycles. The lowest BCUT2D eigenvalue weighted by Crippen LogP contribution is -2.28. The van der Waals surface area contributed by atoms with Crippen LogP contribution in [0.4, 0.5) is 4.39 Å². The molecule has 15 heavy (non-hydrogen) atoms. The van der Waals surface area contributed by atoms with Gasteiger partial charge in [0.1, 0.15) is 5.82 Å². The topological polar surface area (TPSA) is 58.3 Å². The highest BCUT2D eigenvalue weighted by molar-refractivity contribution is 6.58. The van der Waals surface area contributed by atoms with Gasteiger partial charge < -0.3 is 10.0 Å². The Kier molecular flexibility index (Phi) is 2.53. The number of aromatic nitrogens is 2. The zero-order valence-electron chi connectivity index (χ0n) is 7.71. The fourth-order valence-corrected chi connectivity index (χ4v) is 1.23. The first kappa shape index (κ1) is 9.88.